The van der Waals surface area contributed by atoms with Crippen LogP contribution in [0.1, 0.15) is 32.4 Å². The van der Waals surface area contributed by atoms with Crippen LogP contribution >= 0.6 is 11.6 Å². The molecule has 1 aliphatic heterocycles. The highest BCUT2D eigenvalue weighted by Crippen LogP contribution is 2.47. The zero-order valence-corrected chi connectivity index (χ0v) is 15.4. The maximum absolute atomic E-state index is 12.1. The van der Waals surface area contributed by atoms with Crippen molar-refractivity contribution in [2.24, 2.45) is 11.1 Å². The summed E-state index contributed by atoms with van der Waals surface area (Å²) >= 11 is 6.46. The van der Waals surface area contributed by atoms with Crippen molar-refractivity contribution in [2.75, 3.05) is 13.2 Å². The largest absolute Gasteiger partial charge is 0.463 e. The molecule has 1 aliphatic rings. The van der Waals surface area contributed by atoms with E-state index >= 15 is 0 Å². The number of carbonyl (C=O) groups excluding carboxylic acids is 1. The third-order valence-corrected chi connectivity index (χ3v) is 5.07. The van der Waals surface area contributed by atoms with Gasteiger partial charge in [0.15, 0.2) is 0 Å². The molecule has 1 unspecified atom stereocenters. The van der Waals surface area contributed by atoms with E-state index in [1.54, 1.807) is 6.92 Å². The van der Waals surface area contributed by atoms with Crippen LogP contribution in [-0.4, -0.2) is 19.2 Å². The summed E-state index contributed by atoms with van der Waals surface area (Å²) in [5.74, 6) is -0.414. The predicted octanol–water partition coefficient (Wildman–Crippen LogP) is 4.37. The van der Waals surface area contributed by atoms with E-state index in [2.05, 4.69) is 0 Å². The molecule has 1 atom stereocenters. The lowest BCUT2D eigenvalue weighted by molar-refractivity contribution is -0.141. The molecule has 4 nitrogen and oxygen atoms in total. The number of esters is 1. The second kappa shape index (κ2) is 6.70. The quantitative estimate of drug-likeness (QED) is 0.827. The number of nitrogens with two attached hydrogens (primary N) is 1. The number of hydrogen-bond donors (Lipinski definition) is 1. The molecule has 25 heavy (non-hydrogen) atoms. The average Bonchev–Trinajstić information content (AvgIpc) is 2.57. The first kappa shape index (κ1) is 17.8. The molecule has 2 N–H and O–H groups in total. The number of rotatable bonds is 3. The maximum Gasteiger partial charge on any atom is 0.338 e. The first-order chi connectivity index (χ1) is 11.9. The molecule has 3 rings (SSSR count). The van der Waals surface area contributed by atoms with E-state index in [4.69, 9.17) is 26.8 Å². The highest BCUT2D eigenvalue weighted by Gasteiger charge is 2.42. The molecule has 2 aromatic rings. The lowest BCUT2D eigenvalue weighted by Gasteiger charge is -2.40. The minimum Gasteiger partial charge on any atom is -0.463 e. The molecule has 0 amide bonds. The van der Waals surface area contributed by atoms with E-state index in [0.29, 0.717) is 22.9 Å². The van der Waals surface area contributed by atoms with Crippen LogP contribution in [0.4, 0.5) is 0 Å². The van der Waals surface area contributed by atoms with Gasteiger partial charge in [-0.05, 0) is 23.9 Å². The normalized spacial score (nSPS) is 19.9. The summed E-state index contributed by atoms with van der Waals surface area (Å²) in [6.45, 7) is 6.14. The van der Waals surface area contributed by atoms with Crippen molar-refractivity contribution in [3.8, 4) is 0 Å². The topological polar surface area (TPSA) is 61.5 Å². The van der Waals surface area contributed by atoms with Gasteiger partial charge in [-0.1, -0.05) is 55.8 Å². The zero-order valence-electron chi connectivity index (χ0n) is 14.6. The van der Waals surface area contributed by atoms with Crippen molar-refractivity contribution < 1.29 is 14.3 Å². The van der Waals surface area contributed by atoms with Crippen molar-refractivity contribution in [3.05, 3.63) is 58.3 Å². The van der Waals surface area contributed by atoms with Crippen LogP contribution in [-0.2, 0) is 14.3 Å². The van der Waals surface area contributed by atoms with Crippen molar-refractivity contribution in [2.45, 2.75) is 26.9 Å². The highest BCUT2D eigenvalue weighted by atomic mass is 35.5. The summed E-state index contributed by atoms with van der Waals surface area (Å²) in [6, 6.07) is 11.8. The van der Waals surface area contributed by atoms with Gasteiger partial charge in [0, 0.05) is 21.5 Å². The number of benzene rings is 2. The van der Waals surface area contributed by atoms with Gasteiger partial charge >= 0.3 is 5.97 Å². The SMILES string of the molecule is CCOC(=O)C1=C(N)C(C)(C)C(c2cccc3cccc(Cl)c23)OC1. The number of halogens is 1. The van der Waals surface area contributed by atoms with Gasteiger partial charge in [0.05, 0.1) is 24.9 Å². The second-order valence-corrected chi connectivity index (χ2v) is 7.12. The molecule has 0 aromatic heterocycles. The van der Waals surface area contributed by atoms with Crippen LogP contribution in [0.25, 0.3) is 10.8 Å². The van der Waals surface area contributed by atoms with Gasteiger partial charge < -0.3 is 15.2 Å². The molecule has 5 heteroatoms. The summed E-state index contributed by atoms with van der Waals surface area (Å²) in [5, 5.41) is 2.67. The lowest BCUT2D eigenvalue weighted by atomic mass is 9.75. The number of carbonyl (C=O) groups is 1. The van der Waals surface area contributed by atoms with Crippen molar-refractivity contribution >= 4 is 28.3 Å². The van der Waals surface area contributed by atoms with Crippen molar-refractivity contribution in [1.82, 2.24) is 0 Å². The Morgan fingerprint density at radius 1 is 1.32 bits per heavy atom. The van der Waals surface area contributed by atoms with Gasteiger partial charge in [-0.2, -0.15) is 0 Å². The molecule has 1 heterocycles. The van der Waals surface area contributed by atoms with E-state index in [1.165, 1.54) is 0 Å². The van der Waals surface area contributed by atoms with E-state index < -0.39 is 11.4 Å². The minimum atomic E-state index is -0.576. The average molecular weight is 360 g/mol. The van der Waals surface area contributed by atoms with Crippen LogP contribution < -0.4 is 5.73 Å². The smallest absolute Gasteiger partial charge is 0.338 e. The Labute approximate surface area is 152 Å². The monoisotopic (exact) mass is 359 g/mol. The molecular weight excluding hydrogens is 338 g/mol. The summed E-state index contributed by atoms with van der Waals surface area (Å²) in [7, 11) is 0. The Morgan fingerprint density at radius 2 is 2.00 bits per heavy atom. The van der Waals surface area contributed by atoms with Gasteiger partial charge in [-0.15, -0.1) is 0 Å². The van der Waals surface area contributed by atoms with E-state index in [-0.39, 0.29) is 12.7 Å². The van der Waals surface area contributed by atoms with Crippen LogP contribution in [0, 0.1) is 5.41 Å². The minimum absolute atomic E-state index is 0.125. The molecule has 0 fully saturated rings. The molecule has 0 spiro atoms. The number of fused-ring (bicyclic) bond motifs is 1. The predicted molar refractivity (Wildman–Crippen MR) is 99.3 cm³/mol. The van der Waals surface area contributed by atoms with Gasteiger partial charge in [0.2, 0.25) is 0 Å². The Balaban J connectivity index is 2.11. The Kier molecular flexibility index (Phi) is 4.76. The summed E-state index contributed by atoms with van der Waals surface area (Å²) in [4.78, 5) is 12.1. The molecule has 0 saturated carbocycles. The number of ether oxygens (including phenoxy) is 2. The number of hydrogen-bond acceptors (Lipinski definition) is 4. The van der Waals surface area contributed by atoms with Crippen LogP contribution in [0.15, 0.2) is 47.7 Å². The molecule has 132 valence electrons. The van der Waals surface area contributed by atoms with Gasteiger partial charge in [0.25, 0.3) is 0 Å². The standard InChI is InChI=1S/C20H22ClNO3/c1-4-24-19(23)14-11-25-18(20(2,3)17(14)22)13-9-5-7-12-8-6-10-15(21)16(12)13/h5-10,18H,4,11,22H2,1-3H3. The van der Waals surface area contributed by atoms with Crippen LogP contribution in [0.5, 0.6) is 0 Å². The fourth-order valence-electron chi connectivity index (χ4n) is 3.39. The van der Waals surface area contributed by atoms with Gasteiger partial charge in [-0.25, -0.2) is 4.79 Å². The molecular formula is C20H22ClNO3. The Hall–Kier alpha value is -2.04. The zero-order chi connectivity index (χ0) is 18.2. The first-order valence-electron chi connectivity index (χ1n) is 8.33. The molecule has 0 radical (unpaired) electrons. The highest BCUT2D eigenvalue weighted by molar-refractivity contribution is 6.35. The third-order valence-electron chi connectivity index (χ3n) is 4.76. The fourth-order valence-corrected chi connectivity index (χ4v) is 3.68. The molecule has 0 saturated heterocycles. The van der Waals surface area contributed by atoms with Crippen LogP contribution in [0.3, 0.4) is 0 Å². The Morgan fingerprint density at radius 3 is 2.68 bits per heavy atom. The Bertz CT molecular complexity index is 852. The van der Waals surface area contributed by atoms with Crippen molar-refractivity contribution in [3.63, 3.8) is 0 Å². The summed E-state index contributed by atoms with van der Waals surface area (Å²) in [5.41, 5.74) is 7.66. The first-order valence-corrected chi connectivity index (χ1v) is 8.70. The van der Waals surface area contributed by atoms with E-state index in [0.717, 1.165) is 16.3 Å². The fraction of sp³-hybridized carbons (Fsp3) is 0.350. The van der Waals surface area contributed by atoms with E-state index in [1.807, 2.05) is 50.2 Å². The van der Waals surface area contributed by atoms with Crippen molar-refractivity contribution in [1.29, 1.82) is 0 Å². The maximum atomic E-state index is 12.1. The summed E-state index contributed by atoms with van der Waals surface area (Å²) < 4.78 is 11.2. The molecule has 0 aliphatic carbocycles. The van der Waals surface area contributed by atoms with Gasteiger partial charge in [0.1, 0.15) is 0 Å². The molecule has 0 bridgehead atoms. The lowest BCUT2D eigenvalue weighted by Crippen LogP contribution is -2.39. The second-order valence-electron chi connectivity index (χ2n) is 6.71. The van der Waals surface area contributed by atoms with Gasteiger partial charge in [-0.3, -0.25) is 0 Å². The van der Waals surface area contributed by atoms with E-state index in [9.17, 15) is 4.79 Å². The van der Waals surface area contributed by atoms with Crippen LogP contribution in [0.2, 0.25) is 5.02 Å². The third kappa shape index (κ3) is 3.00. The molecule has 2 aromatic carbocycles. The summed E-state index contributed by atoms with van der Waals surface area (Å²) in [6.07, 6.45) is -0.311.